The number of aryl methyl sites for hydroxylation is 1. The third-order valence-electron chi connectivity index (χ3n) is 0.715. The highest BCUT2D eigenvalue weighted by molar-refractivity contribution is 7.73. The molecule has 0 fully saturated rings. The topological polar surface area (TPSA) is 12.9 Å². The van der Waals surface area contributed by atoms with Gasteiger partial charge in [0.2, 0.25) is 0 Å². The second-order valence-electron chi connectivity index (χ2n) is 1.38. The molecule has 0 saturated heterocycles. The van der Waals surface area contributed by atoms with Crippen molar-refractivity contribution >= 4 is 23.6 Å². The summed E-state index contributed by atoms with van der Waals surface area (Å²) in [5.41, 5.74) is 0. The summed E-state index contributed by atoms with van der Waals surface area (Å²) >= 11 is 6.41. The number of hydrogen-bond donors (Lipinski definition) is 0. The quantitative estimate of drug-likeness (QED) is 0.575. The summed E-state index contributed by atoms with van der Waals surface area (Å²) in [6.45, 7) is 5.94. The summed E-state index contributed by atoms with van der Waals surface area (Å²) in [5, 5.41) is 1.03. The van der Waals surface area contributed by atoms with Gasteiger partial charge in [-0.2, -0.15) is 0 Å². The van der Waals surface area contributed by atoms with Crippen molar-refractivity contribution in [1.82, 2.24) is 4.98 Å². The Morgan fingerprint density at radius 2 is 2.00 bits per heavy atom. The summed E-state index contributed by atoms with van der Waals surface area (Å²) < 4.78 is 0.900. The van der Waals surface area contributed by atoms with Crippen LogP contribution < -0.4 is 0 Å². The minimum Gasteiger partial charge on any atom is -0.251 e. The Balaban J connectivity index is 0. The van der Waals surface area contributed by atoms with E-state index < -0.39 is 0 Å². The lowest BCUT2D eigenvalue weighted by molar-refractivity contribution is 1.27. The van der Waals surface area contributed by atoms with E-state index in [0.29, 0.717) is 0 Å². The van der Waals surface area contributed by atoms with Gasteiger partial charge in [-0.1, -0.05) is 33.5 Å². The van der Waals surface area contributed by atoms with Gasteiger partial charge in [0.1, 0.15) is 0 Å². The number of hydrogen-bond acceptors (Lipinski definition) is 3. The van der Waals surface area contributed by atoms with E-state index in [1.807, 2.05) is 26.8 Å². The molecule has 0 amide bonds. The molecule has 0 aliphatic carbocycles. The smallest absolute Gasteiger partial charge is 0.0933 e. The first-order valence-electron chi connectivity index (χ1n) is 3.22. The lowest BCUT2D eigenvalue weighted by Gasteiger charge is -1.82. The molecule has 0 saturated carbocycles. The van der Waals surface area contributed by atoms with Crippen LogP contribution in [0.1, 0.15) is 26.3 Å². The minimum atomic E-state index is 0. The Bertz CT molecular complexity index is 230. The summed E-state index contributed by atoms with van der Waals surface area (Å²) in [7, 11) is 0. The van der Waals surface area contributed by atoms with E-state index in [1.165, 1.54) is 11.3 Å². The summed E-state index contributed by atoms with van der Waals surface area (Å²) in [5.74, 6) is 0. The number of aromatic nitrogens is 1. The fourth-order valence-corrected chi connectivity index (χ4v) is 1.37. The zero-order valence-corrected chi connectivity index (χ0v) is 8.05. The van der Waals surface area contributed by atoms with Crippen LogP contribution in [-0.2, 0) is 0 Å². The molecule has 1 aromatic heterocycles. The van der Waals surface area contributed by atoms with Crippen LogP contribution in [0.15, 0.2) is 12.3 Å². The first-order valence-corrected chi connectivity index (χ1v) is 4.44. The molecular formula is C8H15NS2. The van der Waals surface area contributed by atoms with Gasteiger partial charge in [0.25, 0.3) is 0 Å². The van der Waals surface area contributed by atoms with Gasteiger partial charge in [0.05, 0.1) is 8.83 Å². The molecule has 0 bridgehead atoms. The molecule has 0 aliphatic rings. The molecule has 11 heavy (non-hydrogen) atoms. The van der Waals surface area contributed by atoms with Gasteiger partial charge in [-0.05, 0) is 13.0 Å². The van der Waals surface area contributed by atoms with Crippen molar-refractivity contribution in [2.24, 2.45) is 0 Å². The third kappa shape index (κ3) is 6.13. The van der Waals surface area contributed by atoms with E-state index in [-0.39, 0.29) is 7.43 Å². The van der Waals surface area contributed by atoms with Gasteiger partial charge >= 0.3 is 0 Å². The van der Waals surface area contributed by atoms with Crippen LogP contribution in [-0.4, -0.2) is 4.98 Å². The first kappa shape index (κ1) is 13.3. The Labute approximate surface area is 78.1 Å². The molecule has 0 N–H and O–H groups in total. The average molecular weight is 189 g/mol. The first-order chi connectivity index (χ1) is 4.79. The fourth-order valence-electron chi connectivity index (χ4n) is 0.409. The van der Waals surface area contributed by atoms with E-state index >= 15 is 0 Å². The molecule has 1 nitrogen and oxygen atoms in total. The molecule has 0 unspecified atom stereocenters. The molecule has 0 atom stereocenters. The van der Waals surface area contributed by atoms with Gasteiger partial charge in [-0.3, -0.25) is 4.98 Å². The largest absolute Gasteiger partial charge is 0.251 e. The van der Waals surface area contributed by atoms with Crippen molar-refractivity contribution in [2.45, 2.75) is 28.2 Å². The third-order valence-corrected chi connectivity index (χ3v) is 1.84. The van der Waals surface area contributed by atoms with Gasteiger partial charge in [0, 0.05) is 6.20 Å². The van der Waals surface area contributed by atoms with Crippen molar-refractivity contribution < 1.29 is 0 Å². The van der Waals surface area contributed by atoms with Crippen LogP contribution >= 0.6 is 23.6 Å². The lowest BCUT2D eigenvalue weighted by Crippen LogP contribution is -1.70. The maximum Gasteiger partial charge on any atom is 0.0933 e. The van der Waals surface area contributed by atoms with Crippen LogP contribution in [0.3, 0.4) is 0 Å². The van der Waals surface area contributed by atoms with Gasteiger partial charge < -0.3 is 0 Å². The van der Waals surface area contributed by atoms with E-state index in [1.54, 1.807) is 6.20 Å². The molecule has 0 aliphatic heterocycles. The van der Waals surface area contributed by atoms with Crippen LogP contribution in [0.5, 0.6) is 0 Å². The van der Waals surface area contributed by atoms with Crippen LogP contribution in [0.4, 0.5) is 0 Å². The van der Waals surface area contributed by atoms with E-state index in [4.69, 9.17) is 12.2 Å². The molecule has 64 valence electrons. The Hall–Kier alpha value is -0.280. The molecule has 0 aromatic carbocycles. The lowest BCUT2D eigenvalue weighted by atomic mass is 10.7. The predicted molar refractivity (Wildman–Crippen MR) is 55.8 cm³/mol. The second-order valence-corrected chi connectivity index (χ2v) is 3.32. The monoisotopic (exact) mass is 189 g/mol. The summed E-state index contributed by atoms with van der Waals surface area (Å²) in [4.78, 5) is 3.99. The Kier molecular flexibility index (Phi) is 9.47. The number of rotatable bonds is 0. The van der Waals surface area contributed by atoms with Crippen molar-refractivity contribution in [1.29, 1.82) is 0 Å². The summed E-state index contributed by atoms with van der Waals surface area (Å²) in [6, 6.07) is 1.83. The zero-order valence-electron chi connectivity index (χ0n) is 6.42. The van der Waals surface area contributed by atoms with E-state index in [9.17, 15) is 0 Å². The molecular weight excluding hydrogens is 174 g/mol. The highest BCUT2D eigenvalue weighted by atomic mass is 32.1. The maximum absolute atomic E-state index is 4.88. The second kappa shape index (κ2) is 7.82. The molecule has 1 heterocycles. The fraction of sp³-hybridized carbons (Fsp3) is 0.500. The highest BCUT2D eigenvalue weighted by Crippen LogP contribution is 2.01. The zero-order chi connectivity index (χ0) is 7.98. The normalized spacial score (nSPS) is 7.18. The predicted octanol–water partition coefficient (Wildman–Crippen LogP) is 3.84. The van der Waals surface area contributed by atoms with Gasteiger partial charge in [-0.15, -0.1) is 11.3 Å². The van der Waals surface area contributed by atoms with Crippen molar-refractivity contribution in [3.8, 4) is 0 Å². The van der Waals surface area contributed by atoms with Crippen LogP contribution in [0, 0.1) is 10.7 Å². The standard InChI is InChI=1S/C5H5NS2.C2H6.CH4/c1-4-6-3-2-5(7)8-4;1-2;/h2-3H,1H3;1-2H3;1H4. The number of nitrogens with zero attached hydrogens (tertiary/aromatic N) is 1. The van der Waals surface area contributed by atoms with Crippen LogP contribution in [0.2, 0.25) is 0 Å². The molecule has 0 spiro atoms. The van der Waals surface area contributed by atoms with Crippen molar-refractivity contribution in [2.75, 3.05) is 0 Å². The van der Waals surface area contributed by atoms with Gasteiger partial charge in [-0.25, -0.2) is 0 Å². The van der Waals surface area contributed by atoms with Crippen molar-refractivity contribution in [3.63, 3.8) is 0 Å². The molecule has 1 aromatic rings. The molecule has 3 heteroatoms. The van der Waals surface area contributed by atoms with E-state index in [2.05, 4.69) is 4.98 Å². The Morgan fingerprint density at radius 1 is 1.45 bits per heavy atom. The average Bonchev–Trinajstić information content (AvgIpc) is 1.91. The van der Waals surface area contributed by atoms with Crippen molar-refractivity contribution in [3.05, 3.63) is 21.1 Å². The minimum absolute atomic E-state index is 0. The Morgan fingerprint density at radius 3 is 2.27 bits per heavy atom. The highest BCUT2D eigenvalue weighted by Gasteiger charge is 1.80. The molecule has 0 radical (unpaired) electrons. The maximum atomic E-state index is 4.88. The van der Waals surface area contributed by atoms with Crippen LogP contribution in [0.25, 0.3) is 0 Å². The SMILES string of the molecule is C.CC.Cc1nccc(=S)s1. The molecule has 1 rings (SSSR count). The summed E-state index contributed by atoms with van der Waals surface area (Å²) in [6.07, 6.45) is 1.73. The van der Waals surface area contributed by atoms with E-state index in [0.717, 1.165) is 8.83 Å². The van der Waals surface area contributed by atoms with Gasteiger partial charge in [0.15, 0.2) is 0 Å².